The summed E-state index contributed by atoms with van der Waals surface area (Å²) in [6.45, 7) is 6.62. The molecule has 0 radical (unpaired) electrons. The number of aryl methyl sites for hydroxylation is 2. The first-order chi connectivity index (χ1) is 17.3. The lowest BCUT2D eigenvalue weighted by Gasteiger charge is -2.14. The maximum Gasteiger partial charge on any atom is 0.293 e. The topological polar surface area (TPSA) is 51.5 Å². The van der Waals surface area contributed by atoms with Crippen LogP contribution in [0.1, 0.15) is 22.5 Å². The zero-order valence-electron chi connectivity index (χ0n) is 20.2. The smallest absolute Gasteiger partial charge is 0.293 e. The zero-order chi connectivity index (χ0) is 25.4. The highest BCUT2D eigenvalue weighted by Gasteiger charge is 2.35. The van der Waals surface area contributed by atoms with Crippen molar-refractivity contribution in [3.8, 4) is 11.4 Å². The third-order valence-corrected chi connectivity index (χ3v) is 8.47. The minimum absolute atomic E-state index is 0.201. The number of benzene rings is 3. The van der Waals surface area contributed by atoms with E-state index in [1.165, 1.54) is 14.0 Å². The molecule has 2 heterocycles. The number of fused-ring (bicyclic) bond motifs is 1. The second-order valence-corrected chi connectivity index (χ2v) is 10.9. The zero-order valence-corrected chi connectivity index (χ0v) is 23.2. The molecule has 1 fully saturated rings. The van der Waals surface area contributed by atoms with Crippen molar-refractivity contribution < 1.29 is 14.3 Å². The number of amides is 2. The number of ether oxygens (including phenoxy) is 1. The van der Waals surface area contributed by atoms with E-state index in [1.807, 2.05) is 62.4 Å². The standard InChI is InChI=1S/C29H25IN2O3S/c1-18-15-23(11-12-25(18)30)32-19(2)16-22(20(32)3)17-27-28(33)31(29(34)36-27)13-14-35-26-10-6-8-21-7-4-5-9-24(21)26/h4-12,15-17H,13-14H2,1-3H3/b27-17-. The van der Waals surface area contributed by atoms with Gasteiger partial charge in [-0.1, -0.05) is 36.4 Å². The minimum Gasteiger partial charge on any atom is -0.491 e. The second kappa shape index (κ2) is 10.1. The summed E-state index contributed by atoms with van der Waals surface area (Å²) in [5.41, 5.74) is 5.33. The molecule has 36 heavy (non-hydrogen) atoms. The van der Waals surface area contributed by atoms with Crippen molar-refractivity contribution in [3.05, 3.63) is 97.7 Å². The van der Waals surface area contributed by atoms with Gasteiger partial charge in [0.05, 0.1) is 11.4 Å². The molecule has 4 aromatic rings. The van der Waals surface area contributed by atoms with Gasteiger partial charge >= 0.3 is 0 Å². The van der Waals surface area contributed by atoms with Gasteiger partial charge in [0.25, 0.3) is 11.1 Å². The number of rotatable bonds is 6. The van der Waals surface area contributed by atoms with Gasteiger partial charge in [-0.25, -0.2) is 0 Å². The van der Waals surface area contributed by atoms with Gasteiger partial charge in [-0.05, 0) is 108 Å². The van der Waals surface area contributed by atoms with Crippen LogP contribution in [-0.4, -0.2) is 33.8 Å². The van der Waals surface area contributed by atoms with Crippen LogP contribution in [0.5, 0.6) is 5.75 Å². The molecular formula is C29H25IN2O3S. The van der Waals surface area contributed by atoms with Crippen molar-refractivity contribution in [2.75, 3.05) is 13.2 Å². The van der Waals surface area contributed by atoms with E-state index in [-0.39, 0.29) is 24.3 Å². The Morgan fingerprint density at radius 2 is 1.75 bits per heavy atom. The van der Waals surface area contributed by atoms with Crippen molar-refractivity contribution >= 4 is 62.3 Å². The van der Waals surface area contributed by atoms with Crippen molar-refractivity contribution in [3.63, 3.8) is 0 Å². The molecule has 182 valence electrons. The van der Waals surface area contributed by atoms with E-state index >= 15 is 0 Å². The molecule has 0 spiro atoms. The van der Waals surface area contributed by atoms with Crippen LogP contribution in [0.4, 0.5) is 4.79 Å². The summed E-state index contributed by atoms with van der Waals surface area (Å²) in [7, 11) is 0. The molecule has 7 heteroatoms. The van der Waals surface area contributed by atoms with Gasteiger partial charge in [0.1, 0.15) is 12.4 Å². The van der Waals surface area contributed by atoms with Crippen molar-refractivity contribution in [2.24, 2.45) is 0 Å². The van der Waals surface area contributed by atoms with Crippen LogP contribution in [0.2, 0.25) is 0 Å². The molecule has 0 saturated carbocycles. The minimum atomic E-state index is -0.276. The first-order valence-corrected chi connectivity index (χ1v) is 13.5. The Morgan fingerprint density at radius 1 is 0.972 bits per heavy atom. The Hall–Kier alpha value is -3.04. The normalized spacial score (nSPS) is 14.9. The quantitative estimate of drug-likeness (QED) is 0.171. The lowest BCUT2D eigenvalue weighted by Crippen LogP contribution is -2.32. The van der Waals surface area contributed by atoms with Crippen LogP contribution in [0.3, 0.4) is 0 Å². The monoisotopic (exact) mass is 608 g/mol. The average molecular weight is 609 g/mol. The summed E-state index contributed by atoms with van der Waals surface area (Å²) in [5, 5.41) is 1.82. The lowest BCUT2D eigenvalue weighted by atomic mass is 10.1. The van der Waals surface area contributed by atoms with Crippen LogP contribution in [-0.2, 0) is 4.79 Å². The number of nitrogens with zero attached hydrogens (tertiary/aromatic N) is 2. The maximum absolute atomic E-state index is 13.1. The van der Waals surface area contributed by atoms with E-state index in [9.17, 15) is 9.59 Å². The first-order valence-electron chi connectivity index (χ1n) is 11.6. The summed E-state index contributed by atoms with van der Waals surface area (Å²) in [6, 6.07) is 22.3. The second-order valence-electron chi connectivity index (χ2n) is 8.75. The van der Waals surface area contributed by atoms with E-state index in [0.717, 1.165) is 50.9 Å². The van der Waals surface area contributed by atoms with E-state index in [4.69, 9.17) is 4.74 Å². The number of carbonyl (C=O) groups is 2. The van der Waals surface area contributed by atoms with Gasteiger partial charge in [-0.2, -0.15) is 0 Å². The van der Waals surface area contributed by atoms with E-state index in [0.29, 0.717) is 4.91 Å². The molecule has 0 aliphatic carbocycles. The van der Waals surface area contributed by atoms with Gasteiger partial charge in [0.2, 0.25) is 0 Å². The lowest BCUT2D eigenvalue weighted by molar-refractivity contribution is -0.123. The molecule has 1 aliphatic rings. The maximum atomic E-state index is 13.1. The first kappa shape index (κ1) is 24.6. The van der Waals surface area contributed by atoms with Gasteiger partial charge in [0.15, 0.2) is 0 Å². The van der Waals surface area contributed by atoms with Gasteiger partial charge in [-0.3, -0.25) is 14.5 Å². The van der Waals surface area contributed by atoms with Crippen molar-refractivity contribution in [1.82, 2.24) is 9.47 Å². The highest BCUT2D eigenvalue weighted by molar-refractivity contribution is 14.1. The van der Waals surface area contributed by atoms with Crippen LogP contribution in [0.15, 0.2) is 71.6 Å². The van der Waals surface area contributed by atoms with Crippen LogP contribution < -0.4 is 4.74 Å². The molecule has 0 atom stereocenters. The summed E-state index contributed by atoms with van der Waals surface area (Å²) < 4.78 is 9.36. The molecule has 1 aromatic heterocycles. The molecule has 5 nitrogen and oxygen atoms in total. The highest BCUT2D eigenvalue weighted by atomic mass is 127. The molecule has 3 aromatic carbocycles. The number of hydrogen-bond acceptors (Lipinski definition) is 4. The average Bonchev–Trinajstić information content (AvgIpc) is 3.29. The number of hydrogen-bond donors (Lipinski definition) is 0. The van der Waals surface area contributed by atoms with Gasteiger partial charge < -0.3 is 9.30 Å². The number of imide groups is 1. The number of halogens is 1. The van der Waals surface area contributed by atoms with Crippen molar-refractivity contribution in [2.45, 2.75) is 20.8 Å². The molecular weight excluding hydrogens is 583 g/mol. The third kappa shape index (κ3) is 4.69. The molecule has 2 amide bonds. The number of aromatic nitrogens is 1. The van der Waals surface area contributed by atoms with Gasteiger partial charge in [-0.15, -0.1) is 0 Å². The molecule has 0 unspecified atom stereocenters. The van der Waals surface area contributed by atoms with E-state index < -0.39 is 0 Å². The van der Waals surface area contributed by atoms with Crippen molar-refractivity contribution in [1.29, 1.82) is 0 Å². The fraction of sp³-hybridized carbons (Fsp3) is 0.172. The van der Waals surface area contributed by atoms with Crippen LogP contribution in [0.25, 0.3) is 22.5 Å². The number of thioether (sulfide) groups is 1. The summed E-state index contributed by atoms with van der Waals surface area (Å²) in [6.07, 6.45) is 1.83. The highest BCUT2D eigenvalue weighted by Crippen LogP contribution is 2.34. The Balaban J connectivity index is 1.32. The SMILES string of the molecule is Cc1cc(-n2c(C)cc(/C=C3\SC(=O)N(CCOc4cccc5ccccc45)C3=O)c2C)ccc1I. The van der Waals surface area contributed by atoms with E-state index in [1.54, 1.807) is 0 Å². The number of carbonyl (C=O) groups excluding carboxylic acids is 2. The summed E-state index contributed by atoms with van der Waals surface area (Å²) in [5.74, 6) is 0.468. The van der Waals surface area contributed by atoms with Crippen LogP contribution in [0, 0.1) is 24.3 Å². The fourth-order valence-corrected chi connectivity index (χ4v) is 5.69. The predicted molar refractivity (Wildman–Crippen MR) is 155 cm³/mol. The Bertz CT molecular complexity index is 1530. The third-order valence-electron chi connectivity index (χ3n) is 6.35. The Kier molecular flexibility index (Phi) is 6.94. The van der Waals surface area contributed by atoms with E-state index in [2.05, 4.69) is 58.3 Å². The van der Waals surface area contributed by atoms with Crippen LogP contribution >= 0.6 is 34.4 Å². The molecule has 1 saturated heterocycles. The summed E-state index contributed by atoms with van der Waals surface area (Å²) >= 11 is 3.32. The van der Waals surface area contributed by atoms with Gasteiger partial charge in [0, 0.05) is 26.0 Å². The molecule has 0 bridgehead atoms. The Morgan fingerprint density at radius 3 is 2.56 bits per heavy atom. The molecule has 0 N–H and O–H groups in total. The predicted octanol–water partition coefficient (Wildman–Crippen LogP) is 7.28. The molecule has 1 aliphatic heterocycles. The Labute approximate surface area is 228 Å². The molecule has 5 rings (SSSR count). The largest absolute Gasteiger partial charge is 0.491 e. The summed E-state index contributed by atoms with van der Waals surface area (Å²) in [4.78, 5) is 27.4. The fourth-order valence-electron chi connectivity index (χ4n) is 4.50.